The fourth-order valence-corrected chi connectivity index (χ4v) is 2.77. The Kier molecular flexibility index (Phi) is 3.90. The van der Waals surface area contributed by atoms with Crippen molar-refractivity contribution in [2.24, 2.45) is 5.92 Å². The minimum absolute atomic E-state index is 0.358. The van der Waals surface area contributed by atoms with E-state index in [1.165, 1.54) is 19.3 Å². The second-order valence-corrected chi connectivity index (χ2v) is 5.35. The molecule has 0 aromatic heterocycles. The van der Waals surface area contributed by atoms with Gasteiger partial charge in [0.15, 0.2) is 0 Å². The maximum atomic E-state index is 10.8. The van der Waals surface area contributed by atoms with Gasteiger partial charge in [-0.1, -0.05) is 13.8 Å². The molecule has 1 aliphatic heterocycles. The Bertz CT molecular complexity index is 411. The van der Waals surface area contributed by atoms with Crippen molar-refractivity contribution in [2.75, 3.05) is 11.4 Å². The van der Waals surface area contributed by atoms with Crippen molar-refractivity contribution < 1.29 is 9.90 Å². The minimum atomic E-state index is -0.861. The van der Waals surface area contributed by atoms with Gasteiger partial charge in [0.25, 0.3) is 0 Å². The molecule has 2 rings (SSSR count). The zero-order chi connectivity index (χ0) is 13.1. The third-order valence-electron chi connectivity index (χ3n) is 3.76. The lowest BCUT2D eigenvalue weighted by molar-refractivity contribution is 0.0697. The van der Waals surface area contributed by atoms with Gasteiger partial charge < -0.3 is 10.0 Å². The van der Waals surface area contributed by atoms with E-state index >= 15 is 0 Å². The molecule has 98 valence electrons. The molecule has 3 nitrogen and oxygen atoms in total. The summed E-state index contributed by atoms with van der Waals surface area (Å²) in [6, 6.07) is 7.84. The highest BCUT2D eigenvalue weighted by Crippen LogP contribution is 2.28. The third-order valence-corrected chi connectivity index (χ3v) is 3.76. The van der Waals surface area contributed by atoms with Gasteiger partial charge in [-0.3, -0.25) is 0 Å². The summed E-state index contributed by atoms with van der Waals surface area (Å²) in [6.07, 6.45) is 3.76. The first-order valence-electron chi connectivity index (χ1n) is 6.69. The van der Waals surface area contributed by atoms with Crippen LogP contribution in [-0.4, -0.2) is 23.7 Å². The Hall–Kier alpha value is -1.51. The molecule has 1 aromatic carbocycles. The van der Waals surface area contributed by atoms with Crippen LogP contribution in [0.25, 0.3) is 0 Å². The summed E-state index contributed by atoms with van der Waals surface area (Å²) in [4.78, 5) is 13.3. The molecule has 0 amide bonds. The van der Waals surface area contributed by atoms with Crippen LogP contribution in [0.5, 0.6) is 0 Å². The summed E-state index contributed by atoms with van der Waals surface area (Å²) in [7, 11) is 0. The SMILES string of the molecule is CC(C)C1CCCCN1c1ccc(C(=O)O)cc1. The number of aromatic carboxylic acids is 1. The number of carbonyl (C=O) groups is 1. The van der Waals surface area contributed by atoms with E-state index in [2.05, 4.69) is 18.7 Å². The molecule has 1 heterocycles. The molecule has 1 fully saturated rings. The van der Waals surface area contributed by atoms with E-state index in [0.717, 1.165) is 12.2 Å². The lowest BCUT2D eigenvalue weighted by atomic mass is 9.92. The molecule has 0 aliphatic carbocycles. The number of benzene rings is 1. The van der Waals surface area contributed by atoms with E-state index in [4.69, 9.17) is 5.11 Å². The predicted octanol–water partition coefficient (Wildman–Crippen LogP) is 3.40. The Labute approximate surface area is 108 Å². The van der Waals surface area contributed by atoms with Crippen molar-refractivity contribution in [1.82, 2.24) is 0 Å². The van der Waals surface area contributed by atoms with Gasteiger partial charge >= 0.3 is 5.97 Å². The van der Waals surface area contributed by atoms with Crippen molar-refractivity contribution in [2.45, 2.75) is 39.2 Å². The van der Waals surface area contributed by atoms with E-state index in [9.17, 15) is 4.79 Å². The fourth-order valence-electron chi connectivity index (χ4n) is 2.77. The van der Waals surface area contributed by atoms with Crippen LogP contribution in [0.4, 0.5) is 5.69 Å². The maximum absolute atomic E-state index is 10.8. The lowest BCUT2D eigenvalue weighted by Gasteiger charge is -2.40. The molecule has 1 aliphatic rings. The van der Waals surface area contributed by atoms with Crippen molar-refractivity contribution in [3.63, 3.8) is 0 Å². The van der Waals surface area contributed by atoms with Crippen molar-refractivity contribution in [3.05, 3.63) is 29.8 Å². The molecule has 3 heteroatoms. The molecule has 0 saturated carbocycles. The second-order valence-electron chi connectivity index (χ2n) is 5.35. The number of hydrogen-bond acceptors (Lipinski definition) is 2. The van der Waals surface area contributed by atoms with Crippen LogP contribution < -0.4 is 4.90 Å². The topological polar surface area (TPSA) is 40.5 Å². The van der Waals surface area contributed by atoms with E-state index in [0.29, 0.717) is 17.5 Å². The number of carboxylic acids is 1. The normalized spacial score (nSPS) is 20.2. The molecule has 1 unspecified atom stereocenters. The van der Waals surface area contributed by atoms with Gasteiger partial charge in [0, 0.05) is 18.3 Å². The monoisotopic (exact) mass is 247 g/mol. The molecule has 1 N–H and O–H groups in total. The number of carboxylic acid groups (broad SMARTS) is 1. The van der Waals surface area contributed by atoms with Crippen LogP contribution in [-0.2, 0) is 0 Å². The third kappa shape index (κ3) is 2.66. The highest BCUT2D eigenvalue weighted by molar-refractivity contribution is 5.88. The molecule has 0 bridgehead atoms. The maximum Gasteiger partial charge on any atom is 0.335 e. The fraction of sp³-hybridized carbons (Fsp3) is 0.533. The summed E-state index contributed by atoms with van der Waals surface area (Å²) >= 11 is 0. The summed E-state index contributed by atoms with van der Waals surface area (Å²) in [5.41, 5.74) is 1.51. The number of hydrogen-bond donors (Lipinski definition) is 1. The van der Waals surface area contributed by atoms with Gasteiger partial charge in [-0.15, -0.1) is 0 Å². The highest BCUT2D eigenvalue weighted by Gasteiger charge is 2.25. The predicted molar refractivity (Wildman–Crippen MR) is 73.2 cm³/mol. The van der Waals surface area contributed by atoms with E-state index < -0.39 is 5.97 Å². The molecule has 1 saturated heterocycles. The Morgan fingerprint density at radius 1 is 1.28 bits per heavy atom. The van der Waals surface area contributed by atoms with Gasteiger partial charge in [0.05, 0.1) is 5.56 Å². The Morgan fingerprint density at radius 2 is 1.94 bits per heavy atom. The quantitative estimate of drug-likeness (QED) is 0.890. The number of nitrogens with zero attached hydrogens (tertiary/aromatic N) is 1. The molecule has 1 atom stereocenters. The Morgan fingerprint density at radius 3 is 2.50 bits per heavy atom. The Balaban J connectivity index is 2.20. The van der Waals surface area contributed by atoms with Gasteiger partial charge in [0.2, 0.25) is 0 Å². The first kappa shape index (κ1) is 12.9. The van der Waals surface area contributed by atoms with Gasteiger partial charge in [-0.25, -0.2) is 4.79 Å². The highest BCUT2D eigenvalue weighted by atomic mass is 16.4. The van der Waals surface area contributed by atoms with Crippen molar-refractivity contribution in [3.8, 4) is 0 Å². The van der Waals surface area contributed by atoms with Crippen LogP contribution in [0.15, 0.2) is 24.3 Å². The molecule has 1 aromatic rings. The zero-order valence-corrected chi connectivity index (χ0v) is 11.1. The van der Waals surface area contributed by atoms with Crippen LogP contribution in [0.3, 0.4) is 0 Å². The summed E-state index contributed by atoms with van der Waals surface area (Å²) < 4.78 is 0. The smallest absolute Gasteiger partial charge is 0.335 e. The first-order chi connectivity index (χ1) is 8.59. The standard InChI is InChI=1S/C15H21NO2/c1-11(2)14-5-3-4-10-16(14)13-8-6-12(7-9-13)15(17)18/h6-9,11,14H,3-5,10H2,1-2H3,(H,17,18). The summed E-state index contributed by atoms with van der Waals surface area (Å²) in [6.45, 7) is 5.60. The molecule has 0 radical (unpaired) electrons. The van der Waals surface area contributed by atoms with Crippen LogP contribution >= 0.6 is 0 Å². The number of anilines is 1. The van der Waals surface area contributed by atoms with Gasteiger partial charge in [-0.2, -0.15) is 0 Å². The lowest BCUT2D eigenvalue weighted by Crippen LogP contribution is -2.42. The number of rotatable bonds is 3. The van der Waals surface area contributed by atoms with E-state index in [1.807, 2.05) is 12.1 Å². The second kappa shape index (κ2) is 5.42. The van der Waals surface area contributed by atoms with Crippen molar-refractivity contribution >= 4 is 11.7 Å². The van der Waals surface area contributed by atoms with Crippen LogP contribution in [0, 0.1) is 5.92 Å². The van der Waals surface area contributed by atoms with Crippen molar-refractivity contribution in [1.29, 1.82) is 0 Å². The molecule has 18 heavy (non-hydrogen) atoms. The summed E-state index contributed by atoms with van der Waals surface area (Å²) in [5, 5.41) is 8.91. The van der Waals surface area contributed by atoms with E-state index in [1.54, 1.807) is 12.1 Å². The van der Waals surface area contributed by atoms with Crippen LogP contribution in [0.2, 0.25) is 0 Å². The minimum Gasteiger partial charge on any atom is -0.478 e. The first-order valence-corrected chi connectivity index (χ1v) is 6.69. The van der Waals surface area contributed by atoms with E-state index in [-0.39, 0.29) is 0 Å². The van der Waals surface area contributed by atoms with Gasteiger partial charge in [-0.05, 0) is 49.4 Å². The summed E-state index contributed by atoms with van der Waals surface area (Å²) in [5.74, 6) is -0.231. The zero-order valence-electron chi connectivity index (χ0n) is 11.1. The number of piperidine rings is 1. The largest absolute Gasteiger partial charge is 0.478 e. The van der Waals surface area contributed by atoms with Crippen LogP contribution in [0.1, 0.15) is 43.5 Å². The molecule has 0 spiro atoms. The average Bonchev–Trinajstić information content (AvgIpc) is 2.39. The van der Waals surface area contributed by atoms with Gasteiger partial charge in [0.1, 0.15) is 0 Å². The average molecular weight is 247 g/mol. The molecular formula is C15H21NO2. The molecular weight excluding hydrogens is 226 g/mol.